The molecule has 1 unspecified atom stereocenters. The lowest BCUT2D eigenvalue weighted by molar-refractivity contribution is -1.01. The second kappa shape index (κ2) is 11.0. The topological polar surface area (TPSA) is 18.5 Å². The number of ether oxygens (including phenoxy) is 2. The lowest BCUT2D eigenvalue weighted by Crippen LogP contribution is -2.68. The SMILES string of the molecule is CCOC(Oc1ccccc1)(C(CC(C)C)CC(C)C)[N+](C)(C)Cc1ccccc1. The van der Waals surface area contributed by atoms with Gasteiger partial charge >= 0.3 is 5.91 Å². The summed E-state index contributed by atoms with van der Waals surface area (Å²) < 4.78 is 14.2. The Morgan fingerprint density at radius 2 is 1.30 bits per heavy atom. The Morgan fingerprint density at radius 3 is 1.77 bits per heavy atom. The maximum absolute atomic E-state index is 6.89. The summed E-state index contributed by atoms with van der Waals surface area (Å²) in [5.74, 6) is 1.47. The molecule has 3 heteroatoms. The van der Waals surface area contributed by atoms with Crippen LogP contribution in [0.15, 0.2) is 60.7 Å². The molecule has 0 bridgehead atoms. The van der Waals surface area contributed by atoms with Crippen LogP contribution in [0.2, 0.25) is 0 Å². The summed E-state index contributed by atoms with van der Waals surface area (Å²) in [6.45, 7) is 12.7. The highest BCUT2D eigenvalue weighted by molar-refractivity contribution is 5.21. The van der Waals surface area contributed by atoms with Crippen LogP contribution in [0.25, 0.3) is 0 Å². The zero-order valence-corrected chi connectivity index (χ0v) is 20.1. The van der Waals surface area contributed by atoms with Crippen molar-refractivity contribution in [1.29, 1.82) is 0 Å². The average Bonchev–Trinajstić information content (AvgIpc) is 2.67. The van der Waals surface area contributed by atoms with Gasteiger partial charge in [0.1, 0.15) is 12.3 Å². The number of quaternary nitrogens is 1. The number of hydrogen-bond acceptors (Lipinski definition) is 2. The van der Waals surface area contributed by atoms with Gasteiger partial charge in [-0.25, -0.2) is 0 Å². The minimum atomic E-state index is -0.777. The average molecular weight is 413 g/mol. The molecule has 0 fully saturated rings. The molecule has 0 aliphatic heterocycles. The van der Waals surface area contributed by atoms with Crippen LogP contribution in [0, 0.1) is 17.8 Å². The molecule has 0 amide bonds. The molecule has 2 rings (SSSR count). The molecule has 0 heterocycles. The van der Waals surface area contributed by atoms with Crippen LogP contribution < -0.4 is 4.74 Å². The Bertz CT molecular complexity index is 717. The summed E-state index contributed by atoms with van der Waals surface area (Å²) in [4.78, 5) is 0. The van der Waals surface area contributed by atoms with E-state index in [-0.39, 0.29) is 5.92 Å². The first-order valence-electron chi connectivity index (χ1n) is 11.4. The van der Waals surface area contributed by atoms with Crippen LogP contribution in [0.3, 0.4) is 0 Å². The molecule has 1 atom stereocenters. The van der Waals surface area contributed by atoms with Crippen molar-refractivity contribution in [1.82, 2.24) is 0 Å². The fourth-order valence-corrected chi connectivity index (χ4v) is 4.57. The van der Waals surface area contributed by atoms with Crippen molar-refractivity contribution in [3.8, 4) is 5.75 Å². The van der Waals surface area contributed by atoms with E-state index in [2.05, 4.69) is 79.0 Å². The third-order valence-electron chi connectivity index (χ3n) is 5.65. The van der Waals surface area contributed by atoms with Gasteiger partial charge in [-0.15, -0.1) is 0 Å². The number of hydrogen-bond donors (Lipinski definition) is 0. The maximum Gasteiger partial charge on any atom is 0.363 e. The molecule has 0 aliphatic carbocycles. The monoisotopic (exact) mass is 412 g/mol. The zero-order valence-electron chi connectivity index (χ0n) is 20.1. The minimum Gasteiger partial charge on any atom is -0.417 e. The van der Waals surface area contributed by atoms with E-state index in [0.717, 1.165) is 25.1 Å². The molecule has 0 aromatic heterocycles. The Labute approximate surface area is 184 Å². The van der Waals surface area contributed by atoms with Crippen LogP contribution in [-0.4, -0.2) is 31.1 Å². The molecule has 166 valence electrons. The van der Waals surface area contributed by atoms with Gasteiger partial charge < -0.3 is 4.74 Å². The van der Waals surface area contributed by atoms with Gasteiger partial charge in [0.15, 0.2) is 0 Å². The van der Waals surface area contributed by atoms with E-state index in [0.29, 0.717) is 22.9 Å². The number of nitrogens with zero attached hydrogens (tertiary/aromatic N) is 1. The Kier molecular flexibility index (Phi) is 8.93. The predicted molar refractivity (Wildman–Crippen MR) is 126 cm³/mol. The quantitative estimate of drug-likeness (QED) is 0.284. The van der Waals surface area contributed by atoms with Crippen LogP contribution in [0.1, 0.15) is 53.0 Å². The van der Waals surface area contributed by atoms with Gasteiger partial charge in [0, 0.05) is 5.56 Å². The highest BCUT2D eigenvalue weighted by atomic mass is 16.7. The Morgan fingerprint density at radius 1 is 0.800 bits per heavy atom. The largest absolute Gasteiger partial charge is 0.417 e. The summed E-state index contributed by atoms with van der Waals surface area (Å²) in [5.41, 5.74) is 1.29. The Balaban J connectivity index is 2.58. The van der Waals surface area contributed by atoms with Gasteiger partial charge in [0.05, 0.1) is 26.6 Å². The lowest BCUT2D eigenvalue weighted by atomic mass is 9.84. The molecule has 0 saturated carbocycles. The first-order chi connectivity index (χ1) is 14.2. The minimum absolute atomic E-state index is 0.261. The summed E-state index contributed by atoms with van der Waals surface area (Å²) in [6.07, 6.45) is 2.11. The van der Waals surface area contributed by atoms with Gasteiger partial charge in [-0.1, -0.05) is 76.2 Å². The van der Waals surface area contributed by atoms with E-state index in [1.807, 2.05) is 30.3 Å². The van der Waals surface area contributed by atoms with Crippen molar-refractivity contribution in [2.75, 3.05) is 20.7 Å². The third-order valence-corrected chi connectivity index (χ3v) is 5.65. The summed E-state index contributed by atoms with van der Waals surface area (Å²) in [5, 5.41) is 0. The van der Waals surface area contributed by atoms with Crippen LogP contribution >= 0.6 is 0 Å². The fourth-order valence-electron chi connectivity index (χ4n) is 4.57. The van der Waals surface area contributed by atoms with E-state index >= 15 is 0 Å². The van der Waals surface area contributed by atoms with E-state index in [9.17, 15) is 0 Å². The van der Waals surface area contributed by atoms with Gasteiger partial charge in [0.25, 0.3) is 0 Å². The van der Waals surface area contributed by atoms with E-state index in [1.165, 1.54) is 5.56 Å². The van der Waals surface area contributed by atoms with E-state index < -0.39 is 5.91 Å². The number of para-hydroxylation sites is 1. The van der Waals surface area contributed by atoms with Crippen molar-refractivity contribution in [2.45, 2.75) is 59.9 Å². The van der Waals surface area contributed by atoms with Crippen molar-refractivity contribution in [2.24, 2.45) is 17.8 Å². The van der Waals surface area contributed by atoms with Crippen LogP contribution in [0.4, 0.5) is 0 Å². The summed E-state index contributed by atoms with van der Waals surface area (Å²) in [7, 11) is 4.50. The van der Waals surface area contributed by atoms with Gasteiger partial charge in [-0.05, 0) is 43.7 Å². The van der Waals surface area contributed by atoms with Crippen LogP contribution in [-0.2, 0) is 11.3 Å². The lowest BCUT2D eigenvalue weighted by Gasteiger charge is -2.50. The van der Waals surface area contributed by atoms with E-state index in [1.54, 1.807) is 0 Å². The van der Waals surface area contributed by atoms with Crippen molar-refractivity contribution in [3.63, 3.8) is 0 Å². The standard InChI is InChI=1S/C27H42NO2/c1-8-29-27(30-26-17-13-10-14-18-26,25(19-22(2)3)20-23(4)5)28(6,7)21-24-15-11-9-12-16-24/h9-18,22-23,25H,8,19-21H2,1-7H3/q+1. The first-order valence-corrected chi connectivity index (χ1v) is 11.4. The maximum atomic E-state index is 6.89. The highest BCUT2D eigenvalue weighted by Gasteiger charge is 2.56. The smallest absolute Gasteiger partial charge is 0.363 e. The molecule has 0 saturated heterocycles. The molecule has 0 N–H and O–H groups in total. The molecule has 0 radical (unpaired) electrons. The molecule has 2 aromatic rings. The van der Waals surface area contributed by atoms with Crippen molar-refractivity contribution in [3.05, 3.63) is 66.2 Å². The number of rotatable bonds is 12. The molecule has 2 aromatic carbocycles. The zero-order chi connectivity index (χ0) is 22.2. The second-order valence-electron chi connectivity index (χ2n) is 9.76. The molecular formula is C27H42NO2+. The number of benzene rings is 2. The van der Waals surface area contributed by atoms with Gasteiger partial charge in [0.2, 0.25) is 0 Å². The summed E-state index contributed by atoms with van der Waals surface area (Å²) >= 11 is 0. The molecular weight excluding hydrogens is 370 g/mol. The van der Waals surface area contributed by atoms with Crippen molar-refractivity contribution >= 4 is 0 Å². The molecule has 30 heavy (non-hydrogen) atoms. The predicted octanol–water partition coefficient (Wildman–Crippen LogP) is 6.74. The van der Waals surface area contributed by atoms with Gasteiger partial charge in [-0.3, -0.25) is 9.22 Å². The molecule has 3 nitrogen and oxygen atoms in total. The second-order valence-corrected chi connectivity index (χ2v) is 9.76. The third kappa shape index (κ3) is 6.33. The van der Waals surface area contributed by atoms with E-state index in [4.69, 9.17) is 9.47 Å². The molecule has 0 aliphatic rings. The molecule has 0 spiro atoms. The highest BCUT2D eigenvalue weighted by Crippen LogP contribution is 2.41. The van der Waals surface area contributed by atoms with Crippen molar-refractivity contribution < 1.29 is 14.0 Å². The van der Waals surface area contributed by atoms with Crippen LogP contribution in [0.5, 0.6) is 5.75 Å². The Hall–Kier alpha value is -1.84. The summed E-state index contributed by atoms with van der Waals surface area (Å²) in [6, 6.07) is 20.8. The first kappa shape index (κ1) is 24.4. The fraction of sp³-hybridized carbons (Fsp3) is 0.556. The normalized spacial score (nSPS) is 14.3. The van der Waals surface area contributed by atoms with Gasteiger partial charge in [-0.2, -0.15) is 0 Å².